The number of hydrogen-bond donors (Lipinski definition) is 3. The zero-order valence-corrected chi connectivity index (χ0v) is 15.3. The van der Waals surface area contributed by atoms with Crippen molar-refractivity contribution in [3.8, 4) is 0 Å². The number of nitrogens with one attached hydrogen (secondary N) is 2. The van der Waals surface area contributed by atoms with E-state index in [1.54, 1.807) is 0 Å². The predicted molar refractivity (Wildman–Crippen MR) is 100 cm³/mol. The topological polar surface area (TPSA) is 65.9 Å². The van der Waals surface area contributed by atoms with E-state index in [1.807, 2.05) is 37.3 Å². The van der Waals surface area contributed by atoms with Gasteiger partial charge in [-0.05, 0) is 24.8 Å². The number of rotatable bonds is 11. The van der Waals surface area contributed by atoms with Crippen molar-refractivity contribution in [2.24, 2.45) is 10.9 Å². The number of ether oxygens (including phenoxy) is 1. The Morgan fingerprint density at radius 1 is 1.17 bits per heavy atom. The Balaban J connectivity index is 2.28. The number of hydrogen-bond acceptors (Lipinski definition) is 3. The second kappa shape index (κ2) is 12.8. The van der Waals surface area contributed by atoms with Crippen LogP contribution < -0.4 is 10.6 Å². The summed E-state index contributed by atoms with van der Waals surface area (Å²) >= 11 is 0. The summed E-state index contributed by atoms with van der Waals surface area (Å²) in [5, 5.41) is 16.5. The first-order chi connectivity index (χ1) is 11.6. The van der Waals surface area contributed by atoms with Crippen LogP contribution in [0.25, 0.3) is 0 Å². The zero-order valence-electron chi connectivity index (χ0n) is 15.3. The van der Waals surface area contributed by atoms with Crippen molar-refractivity contribution in [3.05, 3.63) is 35.9 Å². The molecule has 0 aliphatic heterocycles. The van der Waals surface area contributed by atoms with Crippen molar-refractivity contribution < 1.29 is 9.84 Å². The van der Waals surface area contributed by atoms with Crippen molar-refractivity contribution in [2.75, 3.05) is 32.8 Å². The van der Waals surface area contributed by atoms with Crippen molar-refractivity contribution in [2.45, 2.75) is 39.7 Å². The molecule has 5 nitrogen and oxygen atoms in total. The Labute approximate surface area is 146 Å². The summed E-state index contributed by atoms with van der Waals surface area (Å²) in [6, 6.07) is 9.98. The normalized spacial score (nSPS) is 13.1. The molecule has 0 amide bonds. The lowest BCUT2D eigenvalue weighted by molar-refractivity contribution is 0.128. The van der Waals surface area contributed by atoms with Gasteiger partial charge in [0, 0.05) is 26.1 Å². The van der Waals surface area contributed by atoms with Crippen LogP contribution in [0.1, 0.15) is 32.8 Å². The van der Waals surface area contributed by atoms with Gasteiger partial charge in [0.25, 0.3) is 0 Å². The van der Waals surface area contributed by atoms with Crippen LogP contribution in [0, 0.1) is 5.92 Å². The Morgan fingerprint density at radius 2 is 1.92 bits per heavy atom. The number of guanidine groups is 1. The van der Waals surface area contributed by atoms with E-state index in [0.29, 0.717) is 32.0 Å². The van der Waals surface area contributed by atoms with E-state index in [1.165, 1.54) is 0 Å². The van der Waals surface area contributed by atoms with Crippen LogP contribution >= 0.6 is 0 Å². The third-order valence-electron chi connectivity index (χ3n) is 3.50. The first-order valence-electron chi connectivity index (χ1n) is 8.93. The molecule has 0 radical (unpaired) electrons. The van der Waals surface area contributed by atoms with Gasteiger partial charge < -0.3 is 20.5 Å². The van der Waals surface area contributed by atoms with Gasteiger partial charge in [0.1, 0.15) is 0 Å². The lowest BCUT2D eigenvalue weighted by Crippen LogP contribution is -2.39. The van der Waals surface area contributed by atoms with Gasteiger partial charge in [-0.25, -0.2) is 0 Å². The monoisotopic (exact) mass is 335 g/mol. The Morgan fingerprint density at radius 3 is 2.58 bits per heavy atom. The number of nitrogens with zero attached hydrogens (tertiary/aromatic N) is 1. The summed E-state index contributed by atoms with van der Waals surface area (Å²) in [5.74, 6) is 1.39. The van der Waals surface area contributed by atoms with Crippen molar-refractivity contribution in [1.29, 1.82) is 0 Å². The van der Waals surface area contributed by atoms with Gasteiger partial charge in [0.15, 0.2) is 5.96 Å². The molecule has 1 aromatic rings. The maximum Gasteiger partial charge on any atom is 0.191 e. The summed E-state index contributed by atoms with van der Waals surface area (Å²) in [5.41, 5.74) is 1.12. The number of benzene rings is 1. The predicted octanol–water partition coefficient (Wildman–Crippen LogP) is 2.21. The van der Waals surface area contributed by atoms with Gasteiger partial charge in [0.05, 0.1) is 19.3 Å². The first-order valence-corrected chi connectivity index (χ1v) is 8.93. The average molecular weight is 335 g/mol. The third-order valence-corrected chi connectivity index (χ3v) is 3.50. The molecule has 0 heterocycles. The Bertz CT molecular complexity index is 449. The molecule has 3 N–H and O–H groups in total. The van der Waals surface area contributed by atoms with Gasteiger partial charge in [0.2, 0.25) is 0 Å². The number of aliphatic hydroxyl groups is 1. The molecule has 5 heteroatoms. The minimum absolute atomic E-state index is 0.373. The zero-order chi connectivity index (χ0) is 17.6. The van der Waals surface area contributed by atoms with Gasteiger partial charge in [-0.15, -0.1) is 0 Å². The van der Waals surface area contributed by atoms with Crippen LogP contribution in [0.5, 0.6) is 0 Å². The molecule has 136 valence electrons. The lowest BCUT2D eigenvalue weighted by Gasteiger charge is -2.13. The molecular formula is C19H33N3O2. The molecule has 1 aromatic carbocycles. The van der Waals surface area contributed by atoms with Crippen LogP contribution in [-0.2, 0) is 11.2 Å². The summed E-state index contributed by atoms with van der Waals surface area (Å²) in [7, 11) is 0. The first kappa shape index (κ1) is 20.5. The smallest absolute Gasteiger partial charge is 0.191 e. The van der Waals surface area contributed by atoms with E-state index in [2.05, 4.69) is 29.5 Å². The second-order valence-corrected chi connectivity index (χ2v) is 6.28. The van der Waals surface area contributed by atoms with Crippen LogP contribution in [-0.4, -0.2) is 50.0 Å². The molecule has 1 rings (SSSR count). The van der Waals surface area contributed by atoms with Crippen LogP contribution in [0.2, 0.25) is 0 Å². The molecule has 0 spiro atoms. The summed E-state index contributed by atoms with van der Waals surface area (Å²) in [4.78, 5) is 4.44. The summed E-state index contributed by atoms with van der Waals surface area (Å²) in [6.45, 7) is 9.73. The van der Waals surface area contributed by atoms with E-state index in [-0.39, 0.29) is 0 Å². The summed E-state index contributed by atoms with van der Waals surface area (Å²) < 4.78 is 5.58. The van der Waals surface area contributed by atoms with E-state index < -0.39 is 6.10 Å². The highest BCUT2D eigenvalue weighted by Gasteiger charge is 2.05. The highest BCUT2D eigenvalue weighted by Crippen LogP contribution is 2.03. The number of aliphatic hydroxyl groups excluding tert-OH is 1. The van der Waals surface area contributed by atoms with Crippen LogP contribution in [0.3, 0.4) is 0 Å². The largest absolute Gasteiger partial charge is 0.391 e. The molecule has 0 fully saturated rings. The van der Waals surface area contributed by atoms with Gasteiger partial charge >= 0.3 is 0 Å². The quantitative estimate of drug-likeness (QED) is 0.329. The molecule has 0 aliphatic carbocycles. The molecule has 0 bridgehead atoms. The van der Waals surface area contributed by atoms with E-state index in [4.69, 9.17) is 4.74 Å². The summed E-state index contributed by atoms with van der Waals surface area (Å²) in [6.07, 6.45) is 1.21. The SMILES string of the molecule is CCNC(=NCC(O)Cc1ccccc1)NCCOCCC(C)C. The van der Waals surface area contributed by atoms with Gasteiger partial charge in [-0.1, -0.05) is 44.2 Å². The molecule has 0 saturated carbocycles. The third kappa shape index (κ3) is 10.2. The minimum atomic E-state index is -0.481. The maximum absolute atomic E-state index is 10.1. The fraction of sp³-hybridized carbons (Fsp3) is 0.632. The fourth-order valence-electron chi connectivity index (χ4n) is 2.15. The van der Waals surface area contributed by atoms with Crippen molar-refractivity contribution in [3.63, 3.8) is 0 Å². The van der Waals surface area contributed by atoms with E-state index in [0.717, 1.165) is 31.1 Å². The fourth-order valence-corrected chi connectivity index (χ4v) is 2.15. The molecular weight excluding hydrogens is 302 g/mol. The Hall–Kier alpha value is -1.59. The van der Waals surface area contributed by atoms with Gasteiger partial charge in [-0.2, -0.15) is 0 Å². The second-order valence-electron chi connectivity index (χ2n) is 6.28. The molecule has 0 aliphatic rings. The molecule has 1 unspecified atom stereocenters. The van der Waals surface area contributed by atoms with Crippen molar-refractivity contribution >= 4 is 5.96 Å². The molecule has 0 saturated heterocycles. The van der Waals surface area contributed by atoms with E-state index >= 15 is 0 Å². The molecule has 0 aromatic heterocycles. The highest BCUT2D eigenvalue weighted by atomic mass is 16.5. The molecule has 24 heavy (non-hydrogen) atoms. The van der Waals surface area contributed by atoms with Crippen LogP contribution in [0.15, 0.2) is 35.3 Å². The van der Waals surface area contributed by atoms with Crippen LogP contribution in [0.4, 0.5) is 0 Å². The van der Waals surface area contributed by atoms with Gasteiger partial charge in [-0.3, -0.25) is 4.99 Å². The Kier molecular flexibility index (Phi) is 10.9. The maximum atomic E-state index is 10.1. The number of aliphatic imine (C=N–C) groups is 1. The lowest BCUT2D eigenvalue weighted by atomic mass is 10.1. The minimum Gasteiger partial charge on any atom is -0.391 e. The standard InChI is InChI=1S/C19H33N3O2/c1-4-20-19(21-11-13-24-12-10-16(2)3)22-15-18(23)14-17-8-6-5-7-9-17/h5-9,16,18,23H,4,10-15H2,1-3H3,(H2,20,21,22). The van der Waals surface area contributed by atoms with Crippen molar-refractivity contribution in [1.82, 2.24) is 10.6 Å². The average Bonchev–Trinajstić information content (AvgIpc) is 2.56. The molecule has 1 atom stereocenters. The van der Waals surface area contributed by atoms with E-state index in [9.17, 15) is 5.11 Å². The highest BCUT2D eigenvalue weighted by molar-refractivity contribution is 5.79.